The van der Waals surface area contributed by atoms with E-state index in [1.165, 1.54) is 24.3 Å². The predicted octanol–water partition coefficient (Wildman–Crippen LogP) is 2.59. The number of thioether (sulfide) groups is 1. The van der Waals surface area contributed by atoms with Crippen LogP contribution < -0.4 is 10.6 Å². The molecule has 0 aromatic carbocycles. The highest BCUT2D eigenvalue weighted by Crippen LogP contribution is 2.36. The maximum atomic E-state index is 4.54. The molecule has 0 bridgehead atoms. The topological polar surface area (TPSA) is 54.2 Å². The summed E-state index contributed by atoms with van der Waals surface area (Å²) in [7, 11) is 1.84. The first-order valence-corrected chi connectivity index (χ1v) is 9.50. The van der Waals surface area contributed by atoms with E-state index in [1.807, 2.05) is 14.0 Å². The highest BCUT2D eigenvalue weighted by molar-refractivity contribution is 8.00. The Morgan fingerprint density at radius 3 is 2.83 bits per heavy atom. The van der Waals surface area contributed by atoms with Gasteiger partial charge in [0, 0.05) is 37.1 Å². The first kappa shape index (κ1) is 18.2. The van der Waals surface area contributed by atoms with Crippen molar-refractivity contribution in [1.29, 1.82) is 0 Å². The Hall–Kier alpha value is -1.17. The van der Waals surface area contributed by atoms with Crippen molar-refractivity contribution in [3.05, 3.63) is 17.5 Å². The second-order valence-corrected chi connectivity index (χ2v) is 8.61. The molecular weight excluding hydrogens is 306 g/mol. The van der Waals surface area contributed by atoms with Crippen LogP contribution in [0.15, 0.2) is 11.1 Å². The number of rotatable bonds is 6. The van der Waals surface area contributed by atoms with E-state index < -0.39 is 0 Å². The van der Waals surface area contributed by atoms with Crippen LogP contribution in [0.2, 0.25) is 0 Å². The van der Waals surface area contributed by atoms with Crippen molar-refractivity contribution in [2.75, 3.05) is 25.9 Å². The monoisotopic (exact) mass is 337 g/mol. The summed E-state index contributed by atoms with van der Waals surface area (Å²) in [5.74, 6) is 2.67. The van der Waals surface area contributed by atoms with Crippen LogP contribution in [0.4, 0.5) is 0 Å². The van der Waals surface area contributed by atoms with Gasteiger partial charge in [-0.15, -0.1) is 0 Å². The molecule has 1 aliphatic rings. The summed E-state index contributed by atoms with van der Waals surface area (Å²) < 4.78 is 2.45. The smallest absolute Gasteiger partial charge is 0.191 e. The summed E-state index contributed by atoms with van der Waals surface area (Å²) in [5.41, 5.74) is 2.31. The van der Waals surface area contributed by atoms with Gasteiger partial charge in [0.1, 0.15) is 0 Å². The zero-order valence-corrected chi connectivity index (χ0v) is 16.0. The van der Waals surface area contributed by atoms with Crippen molar-refractivity contribution in [1.82, 2.24) is 20.4 Å². The molecule has 6 heteroatoms. The quantitative estimate of drug-likeness (QED) is 0.619. The summed E-state index contributed by atoms with van der Waals surface area (Å²) in [6.07, 6.45) is 2.62. The van der Waals surface area contributed by atoms with Gasteiger partial charge in [0.25, 0.3) is 0 Å². The average Bonchev–Trinajstić information content (AvgIpc) is 3.06. The van der Waals surface area contributed by atoms with Crippen LogP contribution in [0, 0.1) is 19.8 Å². The Bertz CT molecular complexity index is 531. The van der Waals surface area contributed by atoms with Gasteiger partial charge in [-0.05, 0) is 51.3 Å². The summed E-state index contributed by atoms with van der Waals surface area (Å²) in [6, 6.07) is 2.13. The molecule has 5 nitrogen and oxygen atoms in total. The van der Waals surface area contributed by atoms with Crippen LogP contribution in [0.25, 0.3) is 0 Å². The van der Waals surface area contributed by atoms with E-state index in [2.05, 4.69) is 64.0 Å². The van der Waals surface area contributed by atoms with E-state index in [4.69, 9.17) is 0 Å². The first-order valence-electron chi connectivity index (χ1n) is 8.51. The third-order valence-corrected chi connectivity index (χ3v) is 5.90. The lowest BCUT2D eigenvalue weighted by Gasteiger charge is -2.25. The minimum atomic E-state index is 0.354. The highest BCUT2D eigenvalue weighted by Gasteiger charge is 2.29. The van der Waals surface area contributed by atoms with Crippen LogP contribution in [0.5, 0.6) is 0 Å². The molecule has 130 valence electrons. The Morgan fingerprint density at radius 2 is 2.26 bits per heavy atom. The van der Waals surface area contributed by atoms with Crippen LogP contribution in [-0.2, 0) is 6.54 Å². The van der Waals surface area contributed by atoms with Crippen molar-refractivity contribution in [3.8, 4) is 0 Å². The highest BCUT2D eigenvalue weighted by atomic mass is 32.2. The molecule has 2 atom stereocenters. The number of nitrogens with one attached hydrogen (secondary N) is 2. The number of guanidine groups is 1. The zero-order valence-electron chi connectivity index (χ0n) is 15.1. The molecule has 0 aliphatic carbocycles. The summed E-state index contributed by atoms with van der Waals surface area (Å²) >= 11 is 2.07. The molecule has 0 saturated carbocycles. The average molecular weight is 338 g/mol. The Balaban J connectivity index is 1.75. The van der Waals surface area contributed by atoms with E-state index in [0.717, 1.165) is 31.3 Å². The molecule has 1 aromatic rings. The Kier molecular flexibility index (Phi) is 6.39. The van der Waals surface area contributed by atoms with E-state index in [9.17, 15) is 0 Å². The molecule has 2 N–H and O–H groups in total. The standard InChI is InChI=1S/C17H31N5S/c1-13(11-22-15(3)9-14(2)21-22)10-19-16(18-5)20-12-17(4)7-6-8-23-17/h9,13H,6-8,10-12H2,1-5H3,(H2,18,19,20). The molecule has 2 unspecified atom stereocenters. The minimum Gasteiger partial charge on any atom is -0.356 e. The van der Waals surface area contributed by atoms with Gasteiger partial charge in [-0.3, -0.25) is 9.67 Å². The van der Waals surface area contributed by atoms with Crippen molar-refractivity contribution < 1.29 is 0 Å². The molecule has 23 heavy (non-hydrogen) atoms. The fourth-order valence-corrected chi connectivity index (χ4v) is 4.20. The third-order valence-electron chi connectivity index (χ3n) is 4.36. The summed E-state index contributed by atoms with van der Waals surface area (Å²) in [5, 5.41) is 11.5. The number of hydrogen-bond donors (Lipinski definition) is 2. The van der Waals surface area contributed by atoms with Crippen molar-refractivity contribution in [3.63, 3.8) is 0 Å². The van der Waals surface area contributed by atoms with Crippen LogP contribution in [0.1, 0.15) is 38.1 Å². The lowest BCUT2D eigenvalue weighted by atomic mass is 10.1. The van der Waals surface area contributed by atoms with Crippen LogP contribution in [-0.4, -0.2) is 46.4 Å². The van der Waals surface area contributed by atoms with Gasteiger partial charge in [-0.1, -0.05) is 6.92 Å². The van der Waals surface area contributed by atoms with Gasteiger partial charge in [-0.2, -0.15) is 16.9 Å². The molecule has 0 amide bonds. The van der Waals surface area contributed by atoms with Gasteiger partial charge in [0.15, 0.2) is 5.96 Å². The SMILES string of the molecule is CN=C(NCC(C)Cn1nc(C)cc1C)NCC1(C)CCCS1. The normalized spacial score (nSPS) is 23.1. The van der Waals surface area contributed by atoms with Gasteiger partial charge in [0.2, 0.25) is 0 Å². The zero-order chi connectivity index (χ0) is 16.9. The Morgan fingerprint density at radius 1 is 1.48 bits per heavy atom. The molecule has 0 spiro atoms. The molecule has 1 saturated heterocycles. The first-order chi connectivity index (χ1) is 10.9. The number of nitrogens with zero attached hydrogens (tertiary/aromatic N) is 3. The van der Waals surface area contributed by atoms with Gasteiger partial charge >= 0.3 is 0 Å². The maximum absolute atomic E-state index is 4.54. The molecule has 2 rings (SSSR count). The number of hydrogen-bond acceptors (Lipinski definition) is 3. The van der Waals surface area contributed by atoms with Crippen LogP contribution in [0.3, 0.4) is 0 Å². The number of aliphatic imine (C=N–C) groups is 1. The van der Waals surface area contributed by atoms with Gasteiger partial charge < -0.3 is 10.6 Å². The molecule has 1 aromatic heterocycles. The van der Waals surface area contributed by atoms with Crippen molar-refractivity contribution >= 4 is 17.7 Å². The van der Waals surface area contributed by atoms with Gasteiger partial charge in [0.05, 0.1) is 5.69 Å². The number of aromatic nitrogens is 2. The lowest BCUT2D eigenvalue weighted by molar-refractivity contribution is 0.435. The van der Waals surface area contributed by atoms with Gasteiger partial charge in [-0.25, -0.2) is 0 Å². The summed E-state index contributed by atoms with van der Waals surface area (Å²) in [6.45, 7) is 11.5. The minimum absolute atomic E-state index is 0.354. The second-order valence-electron chi connectivity index (χ2n) is 6.92. The summed E-state index contributed by atoms with van der Waals surface area (Å²) in [4.78, 5) is 4.34. The van der Waals surface area contributed by atoms with E-state index >= 15 is 0 Å². The van der Waals surface area contributed by atoms with E-state index in [1.54, 1.807) is 0 Å². The van der Waals surface area contributed by atoms with Crippen molar-refractivity contribution in [2.24, 2.45) is 10.9 Å². The van der Waals surface area contributed by atoms with E-state index in [0.29, 0.717) is 10.7 Å². The molecular formula is C17H31N5S. The molecule has 0 radical (unpaired) electrons. The second kappa shape index (κ2) is 8.08. The molecule has 2 heterocycles. The fourth-order valence-electron chi connectivity index (χ4n) is 2.96. The third kappa shape index (κ3) is 5.44. The maximum Gasteiger partial charge on any atom is 0.191 e. The fraction of sp³-hybridized carbons (Fsp3) is 0.765. The van der Waals surface area contributed by atoms with Crippen molar-refractivity contribution in [2.45, 2.75) is 51.8 Å². The van der Waals surface area contributed by atoms with Crippen LogP contribution >= 0.6 is 11.8 Å². The predicted molar refractivity (Wildman–Crippen MR) is 100 cm³/mol. The number of aryl methyl sites for hydroxylation is 2. The molecule has 1 fully saturated rings. The van der Waals surface area contributed by atoms with E-state index in [-0.39, 0.29) is 0 Å². The largest absolute Gasteiger partial charge is 0.356 e. The molecule has 1 aliphatic heterocycles. The lowest BCUT2D eigenvalue weighted by Crippen LogP contribution is -2.45. The Labute approximate surface area is 144 Å².